The van der Waals surface area contributed by atoms with Crippen molar-refractivity contribution in [1.29, 1.82) is 0 Å². The van der Waals surface area contributed by atoms with E-state index in [9.17, 15) is 9.59 Å². The summed E-state index contributed by atoms with van der Waals surface area (Å²) in [5.74, 6) is -0.287. The Morgan fingerprint density at radius 3 is 2.70 bits per heavy atom. The summed E-state index contributed by atoms with van der Waals surface area (Å²) >= 11 is 1.21. The number of carbonyl (C=O) groups excluding carboxylic acids is 1. The average Bonchev–Trinajstić information content (AvgIpc) is 2.95. The molecule has 0 fully saturated rings. The molecule has 2 heterocycles. The Labute approximate surface area is 136 Å². The normalized spacial score (nSPS) is 10.5. The van der Waals surface area contributed by atoms with Crippen LogP contribution in [0.15, 0.2) is 53.6 Å². The van der Waals surface area contributed by atoms with Gasteiger partial charge in [0.25, 0.3) is 5.56 Å². The monoisotopic (exact) mass is 326 g/mol. The van der Waals surface area contributed by atoms with Gasteiger partial charge in [-0.3, -0.25) is 14.2 Å². The highest BCUT2D eigenvalue weighted by Gasteiger charge is 2.08. The quantitative estimate of drug-likeness (QED) is 0.798. The highest BCUT2D eigenvalue weighted by molar-refractivity contribution is 7.10. The van der Waals surface area contributed by atoms with Crippen molar-refractivity contribution in [3.8, 4) is 11.3 Å². The fraction of sp³-hybridized carbons (Fsp3) is 0.125. The van der Waals surface area contributed by atoms with Crippen LogP contribution in [0.5, 0.6) is 0 Å². The summed E-state index contributed by atoms with van der Waals surface area (Å²) in [6, 6.07) is 12.6. The van der Waals surface area contributed by atoms with E-state index in [2.05, 4.69) is 14.7 Å². The van der Waals surface area contributed by atoms with Gasteiger partial charge in [0, 0.05) is 11.6 Å². The van der Waals surface area contributed by atoms with Crippen molar-refractivity contribution in [1.82, 2.24) is 13.9 Å². The predicted octanol–water partition coefficient (Wildman–Crippen LogP) is 2.31. The van der Waals surface area contributed by atoms with E-state index in [4.69, 9.17) is 0 Å². The third-order valence-electron chi connectivity index (χ3n) is 3.15. The average molecular weight is 326 g/mol. The smallest absolute Gasteiger partial charge is 0.254 e. The van der Waals surface area contributed by atoms with E-state index in [0.717, 1.165) is 11.3 Å². The summed E-state index contributed by atoms with van der Waals surface area (Å²) in [4.78, 5) is 28.4. The zero-order chi connectivity index (χ0) is 16.2. The lowest BCUT2D eigenvalue weighted by atomic mass is 10.1. The third-order valence-corrected chi connectivity index (χ3v) is 3.95. The van der Waals surface area contributed by atoms with Crippen LogP contribution in [0.25, 0.3) is 11.3 Å². The zero-order valence-electron chi connectivity index (χ0n) is 12.4. The first kappa shape index (κ1) is 15.1. The van der Waals surface area contributed by atoms with Gasteiger partial charge < -0.3 is 5.32 Å². The van der Waals surface area contributed by atoms with E-state index in [-0.39, 0.29) is 18.0 Å². The standard InChI is InChI=1S/C16H14N4O2S/c1-11-7-15(23-19-11)18-14(21)9-20-10-17-13(8-16(20)22)12-5-3-2-4-6-12/h2-8,10H,9H2,1H3,(H,18,21). The van der Waals surface area contributed by atoms with Gasteiger partial charge in [-0.1, -0.05) is 30.3 Å². The van der Waals surface area contributed by atoms with Crippen molar-refractivity contribution in [2.24, 2.45) is 0 Å². The van der Waals surface area contributed by atoms with Gasteiger partial charge in [0.05, 0.1) is 17.7 Å². The second kappa shape index (κ2) is 6.53. The number of aromatic nitrogens is 3. The Morgan fingerprint density at radius 1 is 1.26 bits per heavy atom. The van der Waals surface area contributed by atoms with Crippen LogP contribution in [0.4, 0.5) is 5.00 Å². The zero-order valence-corrected chi connectivity index (χ0v) is 13.2. The van der Waals surface area contributed by atoms with Gasteiger partial charge in [-0.25, -0.2) is 4.98 Å². The van der Waals surface area contributed by atoms with Crippen LogP contribution in [-0.4, -0.2) is 19.8 Å². The maximum absolute atomic E-state index is 12.1. The van der Waals surface area contributed by atoms with Crippen molar-refractivity contribution in [3.63, 3.8) is 0 Å². The number of anilines is 1. The molecule has 1 amide bonds. The molecule has 6 nitrogen and oxygen atoms in total. The topological polar surface area (TPSA) is 76.9 Å². The van der Waals surface area contributed by atoms with Crippen LogP contribution < -0.4 is 10.9 Å². The lowest BCUT2D eigenvalue weighted by Gasteiger charge is -2.06. The Kier molecular flexibility index (Phi) is 4.29. The molecule has 0 aliphatic heterocycles. The number of hydrogen-bond acceptors (Lipinski definition) is 5. The molecule has 0 saturated heterocycles. The molecule has 3 aromatic rings. The van der Waals surface area contributed by atoms with Gasteiger partial charge in [0.15, 0.2) is 0 Å². The van der Waals surface area contributed by atoms with E-state index < -0.39 is 0 Å². The summed E-state index contributed by atoms with van der Waals surface area (Å²) in [5.41, 5.74) is 2.03. The van der Waals surface area contributed by atoms with E-state index in [0.29, 0.717) is 10.7 Å². The molecule has 0 aliphatic rings. The largest absolute Gasteiger partial charge is 0.315 e. The molecule has 1 aromatic carbocycles. The first-order chi connectivity index (χ1) is 11.1. The second-order valence-corrected chi connectivity index (χ2v) is 5.79. The van der Waals surface area contributed by atoms with Crippen LogP contribution in [0.2, 0.25) is 0 Å². The summed E-state index contributed by atoms with van der Waals surface area (Å²) in [6.45, 7) is 1.76. The van der Waals surface area contributed by atoms with E-state index in [1.807, 2.05) is 37.3 Å². The SMILES string of the molecule is Cc1cc(NC(=O)Cn2cnc(-c3ccccc3)cc2=O)sn1. The lowest BCUT2D eigenvalue weighted by molar-refractivity contribution is -0.116. The van der Waals surface area contributed by atoms with E-state index in [1.54, 1.807) is 6.07 Å². The molecule has 3 rings (SSSR count). The molecule has 0 atom stereocenters. The molecule has 23 heavy (non-hydrogen) atoms. The van der Waals surface area contributed by atoms with Crippen LogP contribution in [0.1, 0.15) is 5.69 Å². The Bertz CT molecular complexity index is 886. The van der Waals surface area contributed by atoms with Gasteiger partial charge in [0.2, 0.25) is 5.91 Å². The van der Waals surface area contributed by atoms with Gasteiger partial charge in [0.1, 0.15) is 11.5 Å². The number of aryl methyl sites for hydroxylation is 1. The molecular formula is C16H14N4O2S. The summed E-state index contributed by atoms with van der Waals surface area (Å²) in [5, 5.41) is 3.38. The Hall–Kier alpha value is -2.80. The summed E-state index contributed by atoms with van der Waals surface area (Å²) in [6.07, 6.45) is 1.39. The number of rotatable bonds is 4. The minimum Gasteiger partial charge on any atom is -0.315 e. The molecular weight excluding hydrogens is 312 g/mol. The molecule has 1 N–H and O–H groups in total. The molecule has 2 aromatic heterocycles. The first-order valence-corrected chi connectivity index (χ1v) is 7.74. The molecule has 7 heteroatoms. The molecule has 0 radical (unpaired) electrons. The number of nitrogens with one attached hydrogen (secondary N) is 1. The van der Waals surface area contributed by atoms with E-state index in [1.165, 1.54) is 28.5 Å². The molecule has 0 bridgehead atoms. The molecule has 0 spiro atoms. The van der Waals surface area contributed by atoms with Gasteiger partial charge in [-0.05, 0) is 24.5 Å². The van der Waals surface area contributed by atoms with Gasteiger partial charge in [-0.2, -0.15) is 4.37 Å². The van der Waals surface area contributed by atoms with Gasteiger partial charge in [-0.15, -0.1) is 0 Å². The maximum Gasteiger partial charge on any atom is 0.254 e. The summed E-state index contributed by atoms with van der Waals surface area (Å²) in [7, 11) is 0. The maximum atomic E-state index is 12.1. The Morgan fingerprint density at radius 2 is 2.04 bits per heavy atom. The first-order valence-electron chi connectivity index (χ1n) is 6.97. The predicted molar refractivity (Wildman–Crippen MR) is 89.4 cm³/mol. The number of hydrogen-bond donors (Lipinski definition) is 1. The van der Waals surface area contributed by atoms with Crippen molar-refractivity contribution in [3.05, 3.63) is 64.8 Å². The minimum atomic E-state index is -0.287. The number of carbonyl (C=O) groups is 1. The molecule has 0 saturated carbocycles. The minimum absolute atomic E-state index is 0.0855. The Balaban J connectivity index is 1.74. The number of amides is 1. The van der Waals surface area contributed by atoms with Crippen LogP contribution in [-0.2, 0) is 11.3 Å². The molecule has 0 unspecified atom stereocenters. The third kappa shape index (κ3) is 3.70. The van der Waals surface area contributed by atoms with Crippen molar-refractivity contribution in [2.75, 3.05) is 5.32 Å². The highest BCUT2D eigenvalue weighted by Crippen LogP contribution is 2.15. The molecule has 116 valence electrons. The van der Waals surface area contributed by atoms with Gasteiger partial charge >= 0.3 is 0 Å². The summed E-state index contributed by atoms with van der Waals surface area (Å²) < 4.78 is 5.36. The van der Waals surface area contributed by atoms with Crippen LogP contribution in [0.3, 0.4) is 0 Å². The number of nitrogens with zero attached hydrogens (tertiary/aromatic N) is 3. The van der Waals surface area contributed by atoms with Crippen LogP contribution >= 0.6 is 11.5 Å². The highest BCUT2D eigenvalue weighted by atomic mass is 32.1. The lowest BCUT2D eigenvalue weighted by Crippen LogP contribution is -2.27. The number of benzene rings is 1. The van der Waals surface area contributed by atoms with Crippen LogP contribution in [0, 0.1) is 6.92 Å². The van der Waals surface area contributed by atoms with Crippen molar-refractivity contribution >= 4 is 22.4 Å². The second-order valence-electron chi connectivity index (χ2n) is 4.99. The van der Waals surface area contributed by atoms with Crippen molar-refractivity contribution in [2.45, 2.75) is 13.5 Å². The fourth-order valence-corrected chi connectivity index (χ4v) is 2.74. The molecule has 0 aliphatic carbocycles. The van der Waals surface area contributed by atoms with Crippen molar-refractivity contribution < 1.29 is 4.79 Å². The van der Waals surface area contributed by atoms with E-state index >= 15 is 0 Å². The fourth-order valence-electron chi connectivity index (χ4n) is 2.07.